The Morgan fingerprint density at radius 3 is 2.65 bits per heavy atom. The van der Waals surface area contributed by atoms with Crippen molar-refractivity contribution >= 4 is 5.69 Å². The first-order valence-electron chi connectivity index (χ1n) is 6.91. The van der Waals surface area contributed by atoms with Gasteiger partial charge in [-0.15, -0.1) is 0 Å². The summed E-state index contributed by atoms with van der Waals surface area (Å²) in [4.78, 5) is 6.39. The lowest BCUT2D eigenvalue weighted by molar-refractivity contribution is 0.419. The largest absolute Gasteiger partial charge is 0.378 e. The molecule has 1 aromatic heterocycles. The summed E-state index contributed by atoms with van der Waals surface area (Å²) in [5.74, 6) is 0. The van der Waals surface area contributed by atoms with Crippen LogP contribution in [0.3, 0.4) is 0 Å². The lowest BCUT2D eigenvalue weighted by Crippen LogP contribution is -2.35. The zero-order valence-corrected chi connectivity index (χ0v) is 13.0. The molecule has 2 aromatic rings. The van der Waals surface area contributed by atoms with E-state index in [1.54, 1.807) is 0 Å². The molecule has 1 aromatic carbocycles. The van der Waals surface area contributed by atoms with Gasteiger partial charge in [-0.2, -0.15) is 0 Å². The first kappa shape index (κ1) is 14.6. The first-order chi connectivity index (χ1) is 9.37. The SMILES string of the molecule is CN(C)c1cccc(-n2cncc2CNC(C)(C)C)c1. The van der Waals surface area contributed by atoms with Gasteiger partial charge in [-0.25, -0.2) is 4.98 Å². The summed E-state index contributed by atoms with van der Waals surface area (Å²) < 4.78 is 2.13. The van der Waals surface area contributed by atoms with E-state index in [0.29, 0.717) is 0 Å². The molecule has 4 heteroatoms. The molecule has 0 aliphatic heterocycles. The molecule has 2 rings (SSSR count). The van der Waals surface area contributed by atoms with Gasteiger partial charge in [-0.1, -0.05) is 6.07 Å². The minimum atomic E-state index is 0.0978. The average molecular weight is 272 g/mol. The second-order valence-corrected chi connectivity index (χ2v) is 6.27. The van der Waals surface area contributed by atoms with Gasteiger partial charge in [0.1, 0.15) is 0 Å². The van der Waals surface area contributed by atoms with Crippen molar-refractivity contribution in [1.29, 1.82) is 0 Å². The van der Waals surface area contributed by atoms with Gasteiger partial charge in [0.05, 0.1) is 12.0 Å². The fourth-order valence-electron chi connectivity index (χ4n) is 1.96. The molecule has 4 nitrogen and oxygen atoms in total. The van der Waals surface area contributed by atoms with Crippen LogP contribution in [0.25, 0.3) is 5.69 Å². The standard InChI is InChI=1S/C16H24N4/c1-16(2,3)18-11-15-10-17-12-20(15)14-8-6-7-13(9-14)19(4)5/h6-10,12,18H,11H2,1-5H3. The normalized spacial score (nSPS) is 11.7. The van der Waals surface area contributed by atoms with Crippen molar-refractivity contribution in [3.8, 4) is 5.69 Å². The third-order valence-corrected chi connectivity index (χ3v) is 3.14. The topological polar surface area (TPSA) is 33.1 Å². The highest BCUT2D eigenvalue weighted by Crippen LogP contribution is 2.18. The summed E-state index contributed by atoms with van der Waals surface area (Å²) in [6, 6.07) is 8.46. The molecule has 0 saturated heterocycles. The van der Waals surface area contributed by atoms with Crippen molar-refractivity contribution in [1.82, 2.24) is 14.9 Å². The molecule has 0 saturated carbocycles. The monoisotopic (exact) mass is 272 g/mol. The number of nitrogens with one attached hydrogen (secondary N) is 1. The number of aromatic nitrogens is 2. The van der Waals surface area contributed by atoms with Crippen LogP contribution in [-0.4, -0.2) is 29.2 Å². The number of hydrogen-bond donors (Lipinski definition) is 1. The van der Waals surface area contributed by atoms with Gasteiger partial charge in [0.15, 0.2) is 0 Å². The molecule has 0 spiro atoms. The summed E-state index contributed by atoms with van der Waals surface area (Å²) in [5, 5.41) is 3.50. The van der Waals surface area contributed by atoms with E-state index in [0.717, 1.165) is 17.9 Å². The maximum atomic E-state index is 4.28. The van der Waals surface area contributed by atoms with Gasteiger partial charge in [0, 0.05) is 43.8 Å². The quantitative estimate of drug-likeness (QED) is 0.929. The molecule has 0 fully saturated rings. The van der Waals surface area contributed by atoms with E-state index in [2.05, 4.69) is 78.9 Å². The van der Waals surface area contributed by atoms with Crippen molar-refractivity contribution < 1.29 is 0 Å². The summed E-state index contributed by atoms with van der Waals surface area (Å²) in [7, 11) is 4.10. The number of benzene rings is 1. The molecule has 0 aliphatic carbocycles. The Morgan fingerprint density at radius 1 is 1.25 bits per heavy atom. The Morgan fingerprint density at radius 2 is 2.00 bits per heavy atom. The van der Waals surface area contributed by atoms with E-state index in [1.807, 2.05) is 12.5 Å². The first-order valence-corrected chi connectivity index (χ1v) is 6.91. The zero-order chi connectivity index (χ0) is 14.8. The predicted molar refractivity (Wildman–Crippen MR) is 84.5 cm³/mol. The second-order valence-electron chi connectivity index (χ2n) is 6.27. The van der Waals surface area contributed by atoms with Crippen LogP contribution < -0.4 is 10.2 Å². The van der Waals surface area contributed by atoms with Crippen LogP contribution in [0.15, 0.2) is 36.8 Å². The highest BCUT2D eigenvalue weighted by molar-refractivity contribution is 5.52. The third-order valence-electron chi connectivity index (χ3n) is 3.14. The van der Waals surface area contributed by atoms with Gasteiger partial charge in [-0.3, -0.25) is 0 Å². The number of rotatable bonds is 4. The fraction of sp³-hybridized carbons (Fsp3) is 0.438. The predicted octanol–water partition coefficient (Wildman–Crippen LogP) is 2.83. The number of anilines is 1. The second kappa shape index (κ2) is 5.67. The van der Waals surface area contributed by atoms with Crippen LogP contribution in [-0.2, 0) is 6.54 Å². The average Bonchev–Trinajstić information content (AvgIpc) is 2.84. The Hall–Kier alpha value is -1.81. The van der Waals surface area contributed by atoms with Crippen LogP contribution in [0.5, 0.6) is 0 Å². The third kappa shape index (κ3) is 3.61. The van der Waals surface area contributed by atoms with Crippen LogP contribution >= 0.6 is 0 Å². The number of nitrogens with zero attached hydrogens (tertiary/aromatic N) is 3. The van der Waals surface area contributed by atoms with E-state index >= 15 is 0 Å². The number of imidazole rings is 1. The van der Waals surface area contributed by atoms with E-state index in [9.17, 15) is 0 Å². The smallest absolute Gasteiger partial charge is 0.0994 e. The maximum absolute atomic E-state index is 4.28. The van der Waals surface area contributed by atoms with Crippen LogP contribution in [0.2, 0.25) is 0 Å². The maximum Gasteiger partial charge on any atom is 0.0994 e. The van der Waals surface area contributed by atoms with Gasteiger partial charge in [-0.05, 0) is 39.0 Å². The molecule has 1 heterocycles. The molecule has 1 N–H and O–H groups in total. The van der Waals surface area contributed by atoms with E-state index in [4.69, 9.17) is 0 Å². The van der Waals surface area contributed by atoms with Crippen molar-refractivity contribution in [3.63, 3.8) is 0 Å². The summed E-state index contributed by atoms with van der Waals surface area (Å²) in [6.07, 6.45) is 3.79. The van der Waals surface area contributed by atoms with Crippen molar-refractivity contribution in [2.24, 2.45) is 0 Å². The molecule has 0 aliphatic rings. The van der Waals surface area contributed by atoms with Crippen molar-refractivity contribution in [2.45, 2.75) is 32.9 Å². The molecule has 0 atom stereocenters. The molecular formula is C16H24N4. The summed E-state index contributed by atoms with van der Waals surface area (Å²) in [5.41, 5.74) is 3.58. The Labute approximate surface area is 121 Å². The van der Waals surface area contributed by atoms with Gasteiger partial charge >= 0.3 is 0 Å². The van der Waals surface area contributed by atoms with Gasteiger partial charge in [0.25, 0.3) is 0 Å². The minimum Gasteiger partial charge on any atom is -0.378 e. The summed E-state index contributed by atoms with van der Waals surface area (Å²) >= 11 is 0. The highest BCUT2D eigenvalue weighted by atomic mass is 15.1. The van der Waals surface area contributed by atoms with Crippen LogP contribution in [0.1, 0.15) is 26.5 Å². The molecule has 0 unspecified atom stereocenters. The molecule has 0 bridgehead atoms. The Kier molecular flexibility index (Phi) is 4.14. The van der Waals surface area contributed by atoms with Gasteiger partial charge in [0.2, 0.25) is 0 Å². The molecule has 0 radical (unpaired) electrons. The summed E-state index contributed by atoms with van der Waals surface area (Å²) in [6.45, 7) is 7.30. The fourth-order valence-corrected chi connectivity index (χ4v) is 1.96. The molecule has 20 heavy (non-hydrogen) atoms. The zero-order valence-electron chi connectivity index (χ0n) is 13.0. The Balaban J connectivity index is 2.25. The van der Waals surface area contributed by atoms with Crippen LogP contribution in [0, 0.1) is 0 Å². The Bertz CT molecular complexity index is 564. The minimum absolute atomic E-state index is 0.0978. The van der Waals surface area contributed by atoms with E-state index < -0.39 is 0 Å². The lowest BCUT2D eigenvalue weighted by Gasteiger charge is -2.21. The number of hydrogen-bond acceptors (Lipinski definition) is 3. The highest BCUT2D eigenvalue weighted by Gasteiger charge is 2.11. The lowest BCUT2D eigenvalue weighted by atomic mass is 10.1. The molecular weight excluding hydrogens is 248 g/mol. The van der Waals surface area contributed by atoms with E-state index in [-0.39, 0.29) is 5.54 Å². The van der Waals surface area contributed by atoms with Crippen molar-refractivity contribution in [3.05, 3.63) is 42.5 Å². The van der Waals surface area contributed by atoms with Gasteiger partial charge < -0.3 is 14.8 Å². The van der Waals surface area contributed by atoms with Crippen molar-refractivity contribution in [2.75, 3.05) is 19.0 Å². The molecule has 0 amide bonds. The molecule has 108 valence electrons. The van der Waals surface area contributed by atoms with Crippen LogP contribution in [0.4, 0.5) is 5.69 Å². The van der Waals surface area contributed by atoms with E-state index in [1.165, 1.54) is 5.69 Å².